The van der Waals surface area contributed by atoms with Crippen molar-refractivity contribution in [2.45, 2.75) is 43.2 Å². The van der Waals surface area contributed by atoms with E-state index in [-0.39, 0.29) is 48.7 Å². The summed E-state index contributed by atoms with van der Waals surface area (Å²) in [7, 11) is 0. The van der Waals surface area contributed by atoms with E-state index in [1.807, 2.05) is 60.7 Å². The number of aliphatic hydroxyl groups excluding tert-OH is 1. The first-order chi connectivity index (χ1) is 27.0. The van der Waals surface area contributed by atoms with Crippen molar-refractivity contribution in [3.8, 4) is 0 Å². The number of esters is 2. The van der Waals surface area contributed by atoms with Crippen molar-refractivity contribution in [1.29, 1.82) is 0 Å². The van der Waals surface area contributed by atoms with Gasteiger partial charge in [0, 0.05) is 47.8 Å². The molecule has 0 unspecified atom stereocenters. The highest BCUT2D eigenvalue weighted by atomic mass is 19.4. The largest absolute Gasteiger partial charge is 0.456 e. The molecule has 2 amide bonds. The van der Waals surface area contributed by atoms with Gasteiger partial charge >= 0.3 is 18.1 Å². The molecule has 2 aliphatic rings. The summed E-state index contributed by atoms with van der Waals surface area (Å²) in [6.07, 6.45) is -4.12. The van der Waals surface area contributed by atoms with Crippen LogP contribution < -0.4 is 10.6 Å². The van der Waals surface area contributed by atoms with Gasteiger partial charge in [-0.05, 0) is 41.5 Å². The molecular weight excluding hydrogens is 733 g/mol. The van der Waals surface area contributed by atoms with Crippen LogP contribution in [0.25, 0.3) is 6.08 Å². The summed E-state index contributed by atoms with van der Waals surface area (Å²) in [4.78, 5) is 52.1. The van der Waals surface area contributed by atoms with Crippen LogP contribution >= 0.6 is 0 Å². The lowest BCUT2D eigenvalue weighted by Gasteiger charge is -2.31. The van der Waals surface area contributed by atoms with Gasteiger partial charge in [-0.15, -0.1) is 0 Å². The lowest BCUT2D eigenvalue weighted by Crippen LogP contribution is -2.43. The Morgan fingerprint density at radius 3 is 2.20 bits per heavy atom. The molecule has 6 rings (SSSR count). The van der Waals surface area contributed by atoms with E-state index in [1.165, 1.54) is 12.1 Å². The molecule has 0 bridgehead atoms. The molecule has 1 heterocycles. The molecule has 290 valence electrons. The zero-order valence-electron chi connectivity index (χ0n) is 29.7. The standard InChI is InChI=1S/C42H37F3N2O9/c43-41(44,45)26-53-36(49)19-18-28-11-7-8-17-33(28)40(52)54-34-23-30(39(51)47-25-27-10-9-12-29(22-27)38(50)46-20-21-48)24-35-37(34)56-42(55-35,31-13-3-1-4-14-31)32-15-5-2-6-16-32/h1-19,22,24,34-35,37,48H,20-21,23,25-26H2,(H,46,50)(H,47,51)/t34-,35-,37+/m1/s1. The van der Waals surface area contributed by atoms with Crippen LogP contribution in [0.2, 0.25) is 0 Å². The minimum Gasteiger partial charge on any atom is -0.456 e. The van der Waals surface area contributed by atoms with Crippen LogP contribution in [-0.4, -0.2) is 73.1 Å². The van der Waals surface area contributed by atoms with Gasteiger partial charge in [-0.1, -0.05) is 91.0 Å². The first-order valence-electron chi connectivity index (χ1n) is 17.6. The van der Waals surface area contributed by atoms with Gasteiger partial charge in [0.15, 0.2) is 6.61 Å². The number of alkyl halides is 3. The Hall–Kier alpha value is -6.09. The van der Waals surface area contributed by atoms with Gasteiger partial charge in [0.25, 0.3) is 5.91 Å². The van der Waals surface area contributed by atoms with Crippen LogP contribution in [0.5, 0.6) is 0 Å². The van der Waals surface area contributed by atoms with E-state index in [9.17, 15) is 32.3 Å². The van der Waals surface area contributed by atoms with Gasteiger partial charge in [0.1, 0.15) is 18.3 Å². The summed E-state index contributed by atoms with van der Waals surface area (Å²) in [5.74, 6) is -4.43. The van der Waals surface area contributed by atoms with Gasteiger partial charge in [0.2, 0.25) is 11.7 Å². The van der Waals surface area contributed by atoms with Gasteiger partial charge in [-0.25, -0.2) is 9.59 Å². The zero-order valence-corrected chi connectivity index (χ0v) is 29.7. The zero-order chi connectivity index (χ0) is 39.7. The minimum absolute atomic E-state index is 0.0105. The molecule has 14 heteroatoms. The summed E-state index contributed by atoms with van der Waals surface area (Å²) < 4.78 is 61.5. The second-order valence-electron chi connectivity index (χ2n) is 12.9. The first kappa shape index (κ1) is 39.6. The molecule has 3 N–H and O–H groups in total. The summed E-state index contributed by atoms with van der Waals surface area (Å²) in [5, 5.41) is 14.5. The third kappa shape index (κ3) is 9.58. The number of aliphatic hydroxyl groups is 1. The fraction of sp³-hybridized carbons (Fsp3) is 0.238. The number of carbonyl (C=O) groups excluding carboxylic acids is 4. The maximum absolute atomic E-state index is 13.9. The number of ether oxygens (including phenoxy) is 4. The number of nitrogens with one attached hydrogen (secondary N) is 2. The average molecular weight is 771 g/mol. The smallest absolute Gasteiger partial charge is 0.422 e. The molecule has 1 fully saturated rings. The van der Waals surface area contributed by atoms with Crippen LogP contribution in [0.4, 0.5) is 13.2 Å². The molecule has 1 aliphatic heterocycles. The summed E-state index contributed by atoms with van der Waals surface area (Å²) in [6, 6.07) is 31.0. The molecule has 1 aliphatic carbocycles. The number of hydrogen-bond acceptors (Lipinski definition) is 9. The maximum Gasteiger partial charge on any atom is 0.422 e. The van der Waals surface area contributed by atoms with E-state index in [0.717, 1.165) is 12.2 Å². The lowest BCUT2D eigenvalue weighted by molar-refractivity contribution is -0.182. The molecule has 4 aromatic rings. The SMILES string of the molecule is O=C(C=Cc1ccccc1C(=O)O[C@@H]1CC(C(=O)NCc2cccc(C(=O)NCCO)c2)=C[C@H]2OC(c3ccccc3)(c3ccccc3)O[C@H]21)OCC(F)(F)F. The van der Waals surface area contributed by atoms with Crippen LogP contribution in [0.3, 0.4) is 0 Å². The summed E-state index contributed by atoms with van der Waals surface area (Å²) >= 11 is 0. The predicted molar refractivity (Wildman–Crippen MR) is 196 cm³/mol. The van der Waals surface area contributed by atoms with Crippen molar-refractivity contribution in [2.24, 2.45) is 0 Å². The highest BCUT2D eigenvalue weighted by Gasteiger charge is 2.55. The number of carbonyl (C=O) groups is 4. The molecule has 4 aromatic carbocycles. The normalized spacial score (nSPS) is 18.7. The average Bonchev–Trinajstić information content (AvgIpc) is 3.62. The van der Waals surface area contributed by atoms with Crippen LogP contribution in [-0.2, 0) is 40.9 Å². The molecule has 0 aromatic heterocycles. The number of halogens is 3. The highest BCUT2D eigenvalue weighted by molar-refractivity contribution is 5.97. The summed E-state index contributed by atoms with van der Waals surface area (Å²) in [5.41, 5.74) is 2.68. The Morgan fingerprint density at radius 2 is 1.52 bits per heavy atom. The Bertz CT molecular complexity index is 2070. The number of rotatable bonds is 13. The van der Waals surface area contributed by atoms with Gasteiger partial charge < -0.3 is 34.7 Å². The Kier molecular flexibility index (Phi) is 12.4. The summed E-state index contributed by atoms with van der Waals surface area (Å²) in [6.45, 7) is -1.84. The van der Waals surface area contributed by atoms with Crippen molar-refractivity contribution in [1.82, 2.24) is 10.6 Å². The molecule has 0 spiro atoms. The van der Waals surface area contributed by atoms with E-state index in [0.29, 0.717) is 22.3 Å². The minimum atomic E-state index is -4.71. The Morgan fingerprint density at radius 1 is 0.839 bits per heavy atom. The first-order valence-corrected chi connectivity index (χ1v) is 17.6. The monoisotopic (exact) mass is 770 g/mol. The van der Waals surface area contributed by atoms with Gasteiger partial charge in [-0.2, -0.15) is 13.2 Å². The second-order valence-corrected chi connectivity index (χ2v) is 12.9. The topological polar surface area (TPSA) is 149 Å². The van der Waals surface area contributed by atoms with Crippen LogP contribution in [0.15, 0.2) is 127 Å². The number of hydrogen-bond donors (Lipinski definition) is 3. The Labute approximate surface area is 319 Å². The second kappa shape index (κ2) is 17.6. The van der Waals surface area contributed by atoms with Crippen molar-refractivity contribution in [3.63, 3.8) is 0 Å². The lowest BCUT2D eigenvalue weighted by atomic mass is 9.91. The fourth-order valence-electron chi connectivity index (χ4n) is 6.37. The number of amides is 2. The van der Waals surface area contributed by atoms with E-state index < -0.39 is 54.7 Å². The molecule has 0 radical (unpaired) electrons. The van der Waals surface area contributed by atoms with Crippen molar-refractivity contribution < 1.29 is 56.4 Å². The van der Waals surface area contributed by atoms with E-state index in [1.54, 1.807) is 42.5 Å². The van der Waals surface area contributed by atoms with Crippen molar-refractivity contribution in [2.75, 3.05) is 19.8 Å². The maximum atomic E-state index is 13.9. The number of benzene rings is 4. The molecule has 11 nitrogen and oxygen atoms in total. The molecular formula is C42H37F3N2O9. The van der Waals surface area contributed by atoms with E-state index in [2.05, 4.69) is 15.4 Å². The third-order valence-corrected chi connectivity index (χ3v) is 8.94. The number of fused-ring (bicyclic) bond motifs is 1. The van der Waals surface area contributed by atoms with Crippen LogP contribution in [0, 0.1) is 0 Å². The van der Waals surface area contributed by atoms with Crippen molar-refractivity contribution >= 4 is 29.8 Å². The molecule has 56 heavy (non-hydrogen) atoms. The quantitative estimate of drug-likeness (QED) is 0.120. The van der Waals surface area contributed by atoms with Gasteiger partial charge in [0.05, 0.1) is 12.2 Å². The molecule has 1 saturated heterocycles. The van der Waals surface area contributed by atoms with E-state index >= 15 is 0 Å². The fourth-order valence-corrected chi connectivity index (χ4v) is 6.37. The van der Waals surface area contributed by atoms with E-state index in [4.69, 9.17) is 19.3 Å². The Balaban J connectivity index is 1.28. The highest BCUT2D eigenvalue weighted by Crippen LogP contribution is 2.47. The molecule has 3 atom stereocenters. The van der Waals surface area contributed by atoms with Crippen LogP contribution in [0.1, 0.15) is 49.4 Å². The van der Waals surface area contributed by atoms with Gasteiger partial charge in [-0.3, -0.25) is 9.59 Å². The van der Waals surface area contributed by atoms with Crippen molar-refractivity contribution in [3.05, 3.63) is 160 Å². The third-order valence-electron chi connectivity index (χ3n) is 8.94. The molecule has 0 saturated carbocycles. The predicted octanol–water partition coefficient (Wildman–Crippen LogP) is 5.38.